The normalized spacial score (nSPS) is 13.6. The molecule has 0 amide bonds. The van der Waals surface area contributed by atoms with Gasteiger partial charge in [-0.05, 0) is 24.7 Å². The molecule has 0 aliphatic heterocycles. The molecule has 0 aromatic heterocycles. The first-order valence-electron chi connectivity index (χ1n) is 6.96. The van der Waals surface area contributed by atoms with Gasteiger partial charge in [0, 0.05) is 0 Å². The minimum absolute atomic E-state index is 0. The van der Waals surface area contributed by atoms with Gasteiger partial charge in [0.25, 0.3) is 0 Å². The Labute approximate surface area is 148 Å². The van der Waals surface area contributed by atoms with Gasteiger partial charge in [-0.1, -0.05) is 41.5 Å². The van der Waals surface area contributed by atoms with Crippen molar-refractivity contribution >= 4 is 23.5 Å². The molecule has 0 saturated heterocycles. The van der Waals surface area contributed by atoms with Crippen LogP contribution in [0.4, 0.5) is 0 Å². The fourth-order valence-electron chi connectivity index (χ4n) is 2.26. The Balaban J connectivity index is -0.000000333. The van der Waals surface area contributed by atoms with Crippen LogP contribution in [-0.4, -0.2) is 23.5 Å². The van der Waals surface area contributed by atoms with Crippen LogP contribution in [-0.2, 0) is 36.2 Å². The summed E-state index contributed by atoms with van der Waals surface area (Å²) in [5.74, 6) is -5.27. The summed E-state index contributed by atoms with van der Waals surface area (Å²) in [4.78, 5) is 42.5. The minimum atomic E-state index is -1.29. The fraction of sp³-hybridized carbons (Fsp3) is 0.750. The van der Waals surface area contributed by atoms with E-state index >= 15 is 0 Å². The number of aliphatic carboxylic acids is 2. The second kappa shape index (κ2) is 9.83. The van der Waals surface area contributed by atoms with Crippen molar-refractivity contribution in [3.05, 3.63) is 0 Å². The maximum Gasteiger partial charge on any atom is 2.00 e. The van der Waals surface area contributed by atoms with Gasteiger partial charge in [0.2, 0.25) is 0 Å². The van der Waals surface area contributed by atoms with Crippen LogP contribution >= 0.6 is 0 Å². The summed E-state index contributed by atoms with van der Waals surface area (Å²) >= 11 is 0. The molecule has 0 N–H and O–H groups in total. The third-order valence-corrected chi connectivity index (χ3v) is 3.02. The Hall–Kier alpha value is -1.20. The van der Waals surface area contributed by atoms with Crippen molar-refractivity contribution in [1.82, 2.24) is 0 Å². The Kier molecular flexibility index (Phi) is 11.4. The molecule has 0 spiro atoms. The van der Waals surface area contributed by atoms with Crippen molar-refractivity contribution in [1.29, 1.82) is 0 Å². The van der Waals surface area contributed by atoms with Crippen LogP contribution in [0.5, 0.6) is 0 Å². The van der Waals surface area contributed by atoms with Crippen LogP contribution < -0.4 is 10.2 Å². The van der Waals surface area contributed by atoms with Crippen molar-refractivity contribution < 1.29 is 46.5 Å². The smallest absolute Gasteiger partial charge is 0.549 e. The molecular weight excluding hydrogens is 352 g/mol. The number of Topliss-reactive ketones (excluding diaryl/α,β-unsaturated/α-hetero) is 2. The number of carboxylic acid groups (broad SMARTS) is 2. The van der Waals surface area contributed by atoms with E-state index in [1.807, 2.05) is 0 Å². The molecule has 2 atom stereocenters. The number of carbonyl (C=O) groups is 4. The molecule has 6 nitrogen and oxygen atoms in total. The first-order chi connectivity index (χ1) is 9.53. The monoisotopic (exact) mass is 377 g/mol. The van der Waals surface area contributed by atoms with Crippen LogP contribution in [0.1, 0.15) is 55.4 Å². The summed E-state index contributed by atoms with van der Waals surface area (Å²) < 4.78 is 0. The Morgan fingerprint density at radius 2 is 0.826 bits per heavy atom. The molecule has 0 rings (SSSR count). The molecule has 0 aliphatic carbocycles. The molecule has 2 unspecified atom stereocenters. The average Bonchev–Trinajstić information content (AvgIpc) is 2.08. The van der Waals surface area contributed by atoms with Crippen LogP contribution in [0.25, 0.3) is 0 Å². The molecule has 0 heterocycles. The van der Waals surface area contributed by atoms with Crippen molar-refractivity contribution in [2.75, 3.05) is 0 Å². The summed E-state index contributed by atoms with van der Waals surface area (Å²) in [5, 5.41) is 20.9. The molecule has 0 fully saturated rings. The Bertz CT molecular complexity index is 372. The van der Waals surface area contributed by atoms with Crippen molar-refractivity contribution in [3.63, 3.8) is 0 Å². The van der Waals surface area contributed by atoms with Crippen LogP contribution in [0, 0.1) is 22.7 Å². The van der Waals surface area contributed by atoms with Crippen molar-refractivity contribution in [2.24, 2.45) is 22.7 Å². The largest absolute Gasteiger partial charge is 2.00 e. The minimum Gasteiger partial charge on any atom is -0.549 e. The van der Waals surface area contributed by atoms with Crippen LogP contribution in [0.2, 0.25) is 0 Å². The first kappa shape index (κ1) is 26.7. The number of ketones is 2. The molecule has 7 heteroatoms. The number of carboxylic acids is 2. The third kappa shape index (κ3) is 10.2. The fourth-order valence-corrected chi connectivity index (χ4v) is 2.26. The van der Waals surface area contributed by atoms with E-state index in [-0.39, 0.29) is 28.6 Å². The number of hydrogen-bond acceptors (Lipinski definition) is 6. The van der Waals surface area contributed by atoms with E-state index in [9.17, 15) is 29.4 Å². The van der Waals surface area contributed by atoms with E-state index in [0.29, 0.717) is 0 Å². The maximum absolute atomic E-state index is 10.8. The summed E-state index contributed by atoms with van der Waals surface area (Å²) in [6, 6.07) is 0. The van der Waals surface area contributed by atoms with Gasteiger partial charge in [-0.15, -0.1) is 0 Å². The van der Waals surface area contributed by atoms with Crippen molar-refractivity contribution in [2.45, 2.75) is 55.4 Å². The van der Waals surface area contributed by atoms with Gasteiger partial charge >= 0.3 is 17.1 Å². The summed E-state index contributed by atoms with van der Waals surface area (Å²) in [5.41, 5.74) is -1.10. The molecule has 137 valence electrons. The maximum atomic E-state index is 10.8. The molecule has 0 aromatic rings. The standard InChI is InChI=1S/2C8H14O3.Cu/c2*1-5(9)6(7(10)11)8(2,3)4;/h2*6H,1-4H3,(H,10,11);/q;;+2/p-2. The third-order valence-electron chi connectivity index (χ3n) is 3.02. The first-order valence-corrected chi connectivity index (χ1v) is 6.96. The molecular formula is C16H26CuO6. The average molecular weight is 378 g/mol. The predicted molar refractivity (Wildman–Crippen MR) is 77.3 cm³/mol. The van der Waals surface area contributed by atoms with Gasteiger partial charge in [-0.2, -0.15) is 0 Å². The summed E-state index contributed by atoms with van der Waals surface area (Å²) in [7, 11) is 0. The van der Waals surface area contributed by atoms with Gasteiger partial charge in [0.1, 0.15) is 11.6 Å². The molecule has 0 bridgehead atoms. The number of rotatable bonds is 4. The topological polar surface area (TPSA) is 114 Å². The zero-order valence-corrected chi connectivity index (χ0v) is 15.8. The zero-order chi connectivity index (χ0) is 18.5. The second-order valence-electron chi connectivity index (χ2n) is 7.46. The van der Waals surface area contributed by atoms with Gasteiger partial charge in [0.15, 0.2) is 0 Å². The van der Waals surface area contributed by atoms with E-state index in [2.05, 4.69) is 0 Å². The van der Waals surface area contributed by atoms with Gasteiger partial charge in [-0.3, -0.25) is 9.59 Å². The zero-order valence-electron chi connectivity index (χ0n) is 14.9. The Morgan fingerprint density at radius 1 is 0.652 bits per heavy atom. The number of hydrogen-bond donors (Lipinski definition) is 0. The predicted octanol–water partition coefficient (Wildman–Crippen LogP) is -0.0273. The van der Waals surface area contributed by atoms with Gasteiger partial charge in [0.05, 0.1) is 23.8 Å². The number of carbonyl (C=O) groups excluding carboxylic acids is 4. The van der Waals surface area contributed by atoms with Gasteiger partial charge < -0.3 is 19.8 Å². The second-order valence-corrected chi connectivity index (χ2v) is 7.46. The summed E-state index contributed by atoms with van der Waals surface area (Å²) in [6.07, 6.45) is 0. The Morgan fingerprint density at radius 3 is 0.826 bits per heavy atom. The SMILES string of the molecule is CC(=O)C(C(=O)[O-])C(C)(C)C.CC(=O)C(C(=O)[O-])C(C)(C)C.[Cu+2]. The van der Waals surface area contributed by atoms with Crippen molar-refractivity contribution in [3.8, 4) is 0 Å². The van der Waals surface area contributed by atoms with E-state index in [1.54, 1.807) is 41.5 Å². The molecule has 0 aromatic carbocycles. The van der Waals surface area contributed by atoms with E-state index in [0.717, 1.165) is 0 Å². The van der Waals surface area contributed by atoms with Gasteiger partial charge in [-0.25, -0.2) is 0 Å². The van der Waals surface area contributed by atoms with Crippen LogP contribution in [0.15, 0.2) is 0 Å². The molecule has 1 radical (unpaired) electrons. The molecule has 0 saturated carbocycles. The quantitative estimate of drug-likeness (QED) is 0.502. The van der Waals surface area contributed by atoms with Crippen LogP contribution in [0.3, 0.4) is 0 Å². The molecule has 0 aliphatic rings. The van der Waals surface area contributed by atoms with E-state index in [1.165, 1.54) is 13.8 Å². The van der Waals surface area contributed by atoms with E-state index < -0.39 is 34.6 Å². The van der Waals surface area contributed by atoms with E-state index in [4.69, 9.17) is 0 Å². The summed E-state index contributed by atoms with van der Waals surface area (Å²) in [6.45, 7) is 12.8. The molecule has 23 heavy (non-hydrogen) atoms.